The SMILES string of the molecule is CC(C)N(C)C[C@@H](C(=O)N1CCN(c2c(-c3ccccc3)cnc3[nH]ccc23)CC1)c1ccc(N)cc1. The number of H-pyrrole nitrogens is 1. The van der Waals surface area contributed by atoms with Crippen LogP contribution in [0.4, 0.5) is 11.4 Å². The summed E-state index contributed by atoms with van der Waals surface area (Å²) in [6.45, 7) is 7.88. The molecule has 0 unspecified atom stereocenters. The standard InChI is InChI=1S/C30H36N6O/c1-21(2)34(3)20-27(23-9-11-24(31)12-10-23)30(37)36-17-15-35(16-18-36)28-25-13-14-32-29(25)33-19-26(28)22-7-5-4-6-8-22/h4-14,19,21,27H,15-18,20,31H2,1-3H3,(H,32,33)/t27-/m1/s1. The van der Waals surface area contributed by atoms with Crippen molar-refractivity contribution in [1.29, 1.82) is 0 Å². The first kappa shape index (κ1) is 24.8. The highest BCUT2D eigenvalue weighted by molar-refractivity contribution is 5.99. The van der Waals surface area contributed by atoms with Crippen LogP contribution in [0.5, 0.6) is 0 Å². The molecule has 1 saturated heterocycles. The van der Waals surface area contributed by atoms with Crippen molar-refractivity contribution >= 4 is 28.3 Å². The van der Waals surface area contributed by atoms with Gasteiger partial charge >= 0.3 is 0 Å². The molecule has 2 aromatic carbocycles. The van der Waals surface area contributed by atoms with Gasteiger partial charge in [-0.15, -0.1) is 0 Å². The Balaban J connectivity index is 1.39. The van der Waals surface area contributed by atoms with Gasteiger partial charge in [-0.05, 0) is 50.2 Å². The lowest BCUT2D eigenvalue weighted by molar-refractivity contribution is -0.133. The third kappa shape index (κ3) is 5.18. The number of hydrogen-bond donors (Lipinski definition) is 2. The minimum absolute atomic E-state index is 0.182. The molecule has 192 valence electrons. The molecular weight excluding hydrogens is 460 g/mol. The molecule has 4 aromatic rings. The van der Waals surface area contributed by atoms with Crippen molar-refractivity contribution in [3.63, 3.8) is 0 Å². The van der Waals surface area contributed by atoms with E-state index in [0.717, 1.165) is 40.8 Å². The van der Waals surface area contributed by atoms with Crippen molar-refractivity contribution in [2.75, 3.05) is 50.4 Å². The van der Waals surface area contributed by atoms with Gasteiger partial charge in [-0.2, -0.15) is 0 Å². The third-order valence-corrected chi connectivity index (χ3v) is 7.54. The summed E-state index contributed by atoms with van der Waals surface area (Å²) in [6.07, 6.45) is 3.90. The molecule has 1 amide bonds. The number of fused-ring (bicyclic) bond motifs is 1. The summed E-state index contributed by atoms with van der Waals surface area (Å²) in [5, 5.41) is 1.11. The zero-order valence-electron chi connectivity index (χ0n) is 21.9. The van der Waals surface area contributed by atoms with Gasteiger partial charge in [0.2, 0.25) is 5.91 Å². The van der Waals surface area contributed by atoms with Crippen LogP contribution in [0.1, 0.15) is 25.3 Å². The maximum absolute atomic E-state index is 13.9. The topological polar surface area (TPSA) is 81.5 Å². The van der Waals surface area contributed by atoms with E-state index < -0.39 is 0 Å². The van der Waals surface area contributed by atoms with Gasteiger partial charge in [0.1, 0.15) is 5.65 Å². The lowest BCUT2D eigenvalue weighted by atomic mass is 9.95. The summed E-state index contributed by atoms with van der Waals surface area (Å²) in [6, 6.07) is 20.6. The second kappa shape index (κ2) is 10.6. The zero-order valence-corrected chi connectivity index (χ0v) is 21.9. The third-order valence-electron chi connectivity index (χ3n) is 7.54. The van der Waals surface area contributed by atoms with E-state index in [4.69, 9.17) is 5.73 Å². The highest BCUT2D eigenvalue weighted by Gasteiger charge is 2.31. The van der Waals surface area contributed by atoms with E-state index in [2.05, 4.69) is 71.0 Å². The highest BCUT2D eigenvalue weighted by atomic mass is 16.2. The molecule has 0 spiro atoms. The van der Waals surface area contributed by atoms with E-state index in [0.29, 0.717) is 31.4 Å². The summed E-state index contributed by atoms with van der Waals surface area (Å²) < 4.78 is 0. The lowest BCUT2D eigenvalue weighted by Gasteiger charge is -2.39. The minimum Gasteiger partial charge on any atom is -0.399 e. The van der Waals surface area contributed by atoms with Crippen LogP contribution < -0.4 is 10.6 Å². The molecule has 0 saturated carbocycles. The highest BCUT2D eigenvalue weighted by Crippen LogP contribution is 2.37. The number of anilines is 2. The summed E-state index contributed by atoms with van der Waals surface area (Å²) in [5.41, 5.74) is 12.0. The summed E-state index contributed by atoms with van der Waals surface area (Å²) in [5.74, 6) is -0.0431. The fourth-order valence-corrected chi connectivity index (χ4v) is 5.09. The Bertz CT molecular complexity index is 1340. The first-order chi connectivity index (χ1) is 17.9. The van der Waals surface area contributed by atoms with Gasteiger partial charge in [0.15, 0.2) is 0 Å². The molecule has 2 aromatic heterocycles. The number of hydrogen-bond acceptors (Lipinski definition) is 5. The van der Waals surface area contributed by atoms with Crippen LogP contribution in [-0.4, -0.2) is 71.5 Å². The molecule has 0 radical (unpaired) electrons. The molecule has 1 atom stereocenters. The van der Waals surface area contributed by atoms with Crippen molar-refractivity contribution in [1.82, 2.24) is 19.8 Å². The van der Waals surface area contributed by atoms with Gasteiger partial charge in [0, 0.05) is 67.8 Å². The number of pyridine rings is 1. The summed E-state index contributed by atoms with van der Waals surface area (Å²) in [7, 11) is 2.08. The Labute approximate surface area is 218 Å². The number of aromatic nitrogens is 2. The monoisotopic (exact) mass is 496 g/mol. The van der Waals surface area contributed by atoms with Crippen LogP contribution in [0.2, 0.25) is 0 Å². The Morgan fingerprint density at radius 2 is 1.73 bits per heavy atom. The molecule has 1 aliphatic rings. The number of nitrogens with one attached hydrogen (secondary N) is 1. The first-order valence-corrected chi connectivity index (χ1v) is 13.0. The number of nitrogens with zero attached hydrogens (tertiary/aromatic N) is 4. The molecular formula is C30H36N6O. The van der Waals surface area contributed by atoms with Gasteiger partial charge in [-0.25, -0.2) is 4.98 Å². The van der Waals surface area contributed by atoms with E-state index >= 15 is 0 Å². The van der Waals surface area contributed by atoms with Crippen LogP contribution in [0.25, 0.3) is 22.2 Å². The molecule has 0 bridgehead atoms. The number of nitrogen functional groups attached to an aromatic ring is 1. The largest absolute Gasteiger partial charge is 0.399 e. The van der Waals surface area contributed by atoms with E-state index in [1.807, 2.05) is 47.6 Å². The smallest absolute Gasteiger partial charge is 0.231 e. The summed E-state index contributed by atoms with van der Waals surface area (Å²) >= 11 is 0. The predicted octanol–water partition coefficient (Wildman–Crippen LogP) is 4.58. The van der Waals surface area contributed by atoms with Crippen molar-refractivity contribution < 1.29 is 4.79 Å². The zero-order chi connectivity index (χ0) is 25.9. The number of carbonyl (C=O) groups excluding carboxylic acids is 1. The maximum atomic E-state index is 13.9. The van der Waals surface area contributed by atoms with E-state index in [1.165, 1.54) is 5.69 Å². The van der Waals surface area contributed by atoms with E-state index in [9.17, 15) is 4.79 Å². The quantitative estimate of drug-likeness (QED) is 0.366. The van der Waals surface area contributed by atoms with Crippen molar-refractivity contribution in [2.24, 2.45) is 0 Å². The Kier molecular flexibility index (Phi) is 7.15. The average Bonchev–Trinajstić information content (AvgIpc) is 3.41. The normalized spacial score (nSPS) is 15.1. The van der Waals surface area contributed by atoms with Crippen LogP contribution in [-0.2, 0) is 4.79 Å². The van der Waals surface area contributed by atoms with E-state index in [1.54, 1.807) is 0 Å². The molecule has 1 aliphatic heterocycles. The second-order valence-electron chi connectivity index (χ2n) is 10.2. The van der Waals surface area contributed by atoms with Crippen molar-refractivity contribution in [2.45, 2.75) is 25.8 Å². The number of aromatic amines is 1. The van der Waals surface area contributed by atoms with Gasteiger partial charge in [0.05, 0.1) is 11.6 Å². The number of carbonyl (C=O) groups is 1. The number of likely N-dealkylation sites (N-methyl/N-ethyl adjacent to an activating group) is 1. The number of benzene rings is 2. The fraction of sp³-hybridized carbons (Fsp3) is 0.333. The van der Waals surface area contributed by atoms with Gasteiger partial charge < -0.3 is 25.4 Å². The number of amides is 1. The molecule has 3 heterocycles. The molecule has 0 aliphatic carbocycles. The predicted molar refractivity (Wildman–Crippen MR) is 152 cm³/mol. The fourth-order valence-electron chi connectivity index (χ4n) is 5.09. The number of nitrogens with two attached hydrogens (primary N) is 1. The lowest BCUT2D eigenvalue weighted by Crippen LogP contribution is -2.51. The maximum Gasteiger partial charge on any atom is 0.231 e. The molecule has 7 nitrogen and oxygen atoms in total. The number of rotatable bonds is 7. The minimum atomic E-state index is -0.225. The molecule has 37 heavy (non-hydrogen) atoms. The first-order valence-electron chi connectivity index (χ1n) is 13.0. The Hall–Kier alpha value is -3.84. The summed E-state index contributed by atoms with van der Waals surface area (Å²) in [4.78, 5) is 28.5. The van der Waals surface area contributed by atoms with Crippen LogP contribution in [0.3, 0.4) is 0 Å². The Morgan fingerprint density at radius 1 is 1.03 bits per heavy atom. The van der Waals surface area contributed by atoms with Crippen molar-refractivity contribution in [3.8, 4) is 11.1 Å². The number of piperazine rings is 1. The van der Waals surface area contributed by atoms with Crippen molar-refractivity contribution in [3.05, 3.63) is 78.6 Å². The van der Waals surface area contributed by atoms with Crippen LogP contribution >= 0.6 is 0 Å². The van der Waals surface area contributed by atoms with Crippen LogP contribution in [0.15, 0.2) is 73.1 Å². The molecule has 3 N–H and O–H groups in total. The average molecular weight is 497 g/mol. The van der Waals surface area contributed by atoms with Gasteiger partial charge in [-0.1, -0.05) is 42.5 Å². The van der Waals surface area contributed by atoms with Gasteiger partial charge in [0.25, 0.3) is 0 Å². The Morgan fingerprint density at radius 3 is 2.41 bits per heavy atom. The molecule has 7 heteroatoms. The second-order valence-corrected chi connectivity index (χ2v) is 10.2. The molecule has 5 rings (SSSR count). The molecule has 1 fully saturated rings. The van der Waals surface area contributed by atoms with Crippen LogP contribution in [0, 0.1) is 0 Å². The van der Waals surface area contributed by atoms with E-state index in [-0.39, 0.29) is 11.8 Å². The van der Waals surface area contributed by atoms with Gasteiger partial charge in [-0.3, -0.25) is 4.79 Å².